The zero-order valence-electron chi connectivity index (χ0n) is 11.7. The highest BCUT2D eigenvalue weighted by Gasteiger charge is 2.47. The lowest BCUT2D eigenvalue weighted by Gasteiger charge is -2.23. The van der Waals surface area contributed by atoms with Crippen LogP contribution in [0.5, 0.6) is 0 Å². The van der Waals surface area contributed by atoms with Crippen LogP contribution in [0.4, 0.5) is 0 Å². The zero-order chi connectivity index (χ0) is 13.7. The van der Waals surface area contributed by atoms with Crippen molar-refractivity contribution < 1.29 is 19.4 Å². The number of carboxylic acids is 1. The summed E-state index contributed by atoms with van der Waals surface area (Å²) >= 11 is 0. The Morgan fingerprint density at radius 1 is 1.32 bits per heavy atom. The van der Waals surface area contributed by atoms with Crippen molar-refractivity contribution in [1.82, 2.24) is 4.90 Å². The minimum Gasteiger partial charge on any atom is -0.480 e. The molecule has 3 atom stereocenters. The van der Waals surface area contributed by atoms with Crippen molar-refractivity contribution in [3.63, 3.8) is 0 Å². The second-order valence-corrected chi connectivity index (χ2v) is 5.59. The number of ether oxygens (including phenoxy) is 2. The fraction of sp³-hybridized carbons (Fsp3) is 0.929. The average Bonchev–Trinajstić information content (AvgIpc) is 2.92. The zero-order valence-corrected chi connectivity index (χ0v) is 11.7. The molecule has 1 aliphatic heterocycles. The largest absolute Gasteiger partial charge is 0.480 e. The highest BCUT2D eigenvalue weighted by Crippen LogP contribution is 2.41. The fourth-order valence-electron chi connectivity index (χ4n) is 3.55. The van der Waals surface area contributed by atoms with Crippen molar-refractivity contribution in [1.29, 1.82) is 0 Å². The van der Waals surface area contributed by atoms with Crippen LogP contribution in [0.15, 0.2) is 0 Å². The van der Waals surface area contributed by atoms with Crippen LogP contribution in [-0.2, 0) is 14.3 Å². The maximum Gasteiger partial charge on any atom is 0.321 e. The maximum atomic E-state index is 11.4. The predicted molar refractivity (Wildman–Crippen MR) is 71.1 cm³/mol. The van der Waals surface area contributed by atoms with Crippen molar-refractivity contribution in [2.45, 2.75) is 31.7 Å². The van der Waals surface area contributed by atoms with E-state index in [0.717, 1.165) is 25.9 Å². The fourth-order valence-corrected chi connectivity index (χ4v) is 3.55. The normalized spacial score (nSPS) is 30.7. The van der Waals surface area contributed by atoms with E-state index >= 15 is 0 Å². The van der Waals surface area contributed by atoms with Gasteiger partial charge in [0.05, 0.1) is 6.61 Å². The van der Waals surface area contributed by atoms with Gasteiger partial charge in [0.2, 0.25) is 0 Å². The first kappa shape index (κ1) is 14.8. The number of carboxylic acid groups (broad SMARTS) is 1. The number of rotatable bonds is 8. The van der Waals surface area contributed by atoms with Crippen molar-refractivity contribution >= 4 is 5.97 Å². The number of hydrogen-bond donors (Lipinski definition) is 1. The highest BCUT2D eigenvalue weighted by atomic mass is 16.5. The first-order chi connectivity index (χ1) is 9.24. The first-order valence-electron chi connectivity index (χ1n) is 7.27. The van der Waals surface area contributed by atoms with Crippen LogP contribution in [0.1, 0.15) is 25.7 Å². The molecule has 19 heavy (non-hydrogen) atoms. The van der Waals surface area contributed by atoms with Gasteiger partial charge in [-0.2, -0.15) is 0 Å². The molecule has 1 aliphatic carbocycles. The molecule has 0 aromatic heterocycles. The molecule has 2 rings (SSSR count). The maximum absolute atomic E-state index is 11.4. The van der Waals surface area contributed by atoms with Crippen LogP contribution in [0.3, 0.4) is 0 Å². The standard InChI is InChI=1S/C14H25NO4/c1-18-7-3-8-19-9-6-15-10-11-4-2-5-12(11)13(15)14(16)17/h11-13H,2-10H2,1H3,(H,16,17). The van der Waals surface area contributed by atoms with E-state index in [1.165, 1.54) is 12.8 Å². The van der Waals surface area contributed by atoms with Gasteiger partial charge in [-0.15, -0.1) is 0 Å². The summed E-state index contributed by atoms with van der Waals surface area (Å²) in [5.74, 6) is 0.300. The van der Waals surface area contributed by atoms with Gasteiger partial charge in [-0.25, -0.2) is 0 Å². The Bertz CT molecular complexity index is 297. The first-order valence-corrected chi connectivity index (χ1v) is 7.27. The lowest BCUT2D eigenvalue weighted by atomic mass is 9.94. The lowest BCUT2D eigenvalue weighted by Crippen LogP contribution is -2.41. The Morgan fingerprint density at radius 3 is 2.89 bits per heavy atom. The molecule has 0 spiro atoms. The molecule has 110 valence electrons. The second-order valence-electron chi connectivity index (χ2n) is 5.59. The van der Waals surface area contributed by atoms with Crippen LogP contribution in [-0.4, -0.2) is 62.0 Å². The number of nitrogens with zero attached hydrogens (tertiary/aromatic N) is 1. The van der Waals surface area contributed by atoms with Crippen LogP contribution < -0.4 is 0 Å². The summed E-state index contributed by atoms with van der Waals surface area (Å²) in [7, 11) is 1.68. The monoisotopic (exact) mass is 271 g/mol. The molecule has 1 saturated carbocycles. The van der Waals surface area contributed by atoms with Gasteiger partial charge in [-0.05, 0) is 31.1 Å². The Hall–Kier alpha value is -0.650. The van der Waals surface area contributed by atoms with Crippen molar-refractivity contribution in [2.75, 3.05) is 40.0 Å². The number of hydrogen-bond acceptors (Lipinski definition) is 4. The average molecular weight is 271 g/mol. The van der Waals surface area contributed by atoms with Crippen molar-refractivity contribution in [3.05, 3.63) is 0 Å². The molecule has 3 unspecified atom stereocenters. The van der Waals surface area contributed by atoms with E-state index in [2.05, 4.69) is 4.90 Å². The second kappa shape index (κ2) is 7.22. The molecule has 2 fully saturated rings. The summed E-state index contributed by atoms with van der Waals surface area (Å²) in [6.45, 7) is 3.69. The molecular formula is C14H25NO4. The van der Waals surface area contributed by atoms with Gasteiger partial charge in [0, 0.05) is 33.4 Å². The highest BCUT2D eigenvalue weighted by molar-refractivity contribution is 5.74. The van der Waals surface area contributed by atoms with Gasteiger partial charge in [-0.1, -0.05) is 6.42 Å². The van der Waals surface area contributed by atoms with E-state index in [-0.39, 0.29) is 6.04 Å². The Balaban J connectivity index is 1.72. The SMILES string of the molecule is COCCCOCCN1CC2CCCC2C1C(=O)O. The number of aliphatic carboxylic acids is 1. The molecule has 0 aromatic carbocycles. The summed E-state index contributed by atoms with van der Waals surface area (Å²) in [6, 6.07) is -0.282. The molecule has 0 radical (unpaired) electrons. The Morgan fingerprint density at radius 2 is 2.16 bits per heavy atom. The number of likely N-dealkylation sites (tertiary alicyclic amines) is 1. The van der Waals surface area contributed by atoms with E-state index in [9.17, 15) is 9.90 Å². The molecule has 2 aliphatic rings. The molecule has 0 bridgehead atoms. The lowest BCUT2D eigenvalue weighted by molar-refractivity contribution is -0.143. The molecular weight excluding hydrogens is 246 g/mol. The molecule has 0 amide bonds. The van der Waals surface area contributed by atoms with Gasteiger partial charge >= 0.3 is 5.97 Å². The van der Waals surface area contributed by atoms with Crippen LogP contribution in [0.25, 0.3) is 0 Å². The summed E-state index contributed by atoms with van der Waals surface area (Å²) < 4.78 is 10.5. The van der Waals surface area contributed by atoms with E-state index in [4.69, 9.17) is 9.47 Å². The Kier molecular flexibility index (Phi) is 5.60. The van der Waals surface area contributed by atoms with E-state index in [1.807, 2.05) is 0 Å². The summed E-state index contributed by atoms with van der Waals surface area (Å²) in [4.78, 5) is 13.5. The van der Waals surface area contributed by atoms with E-state index in [0.29, 0.717) is 31.7 Å². The molecule has 1 N–H and O–H groups in total. The third-order valence-electron chi connectivity index (χ3n) is 4.40. The van der Waals surface area contributed by atoms with Crippen molar-refractivity contribution in [3.8, 4) is 0 Å². The van der Waals surface area contributed by atoms with Gasteiger partial charge in [0.1, 0.15) is 6.04 Å². The topological polar surface area (TPSA) is 59.0 Å². The smallest absolute Gasteiger partial charge is 0.321 e. The third-order valence-corrected chi connectivity index (χ3v) is 4.40. The quantitative estimate of drug-likeness (QED) is 0.673. The minimum atomic E-state index is -0.659. The summed E-state index contributed by atoms with van der Waals surface area (Å²) in [5, 5.41) is 9.40. The van der Waals surface area contributed by atoms with E-state index in [1.54, 1.807) is 7.11 Å². The molecule has 1 saturated heterocycles. The molecule has 5 heteroatoms. The minimum absolute atomic E-state index is 0.282. The molecule has 0 aromatic rings. The predicted octanol–water partition coefficient (Wildman–Crippen LogP) is 1.22. The van der Waals surface area contributed by atoms with Crippen LogP contribution >= 0.6 is 0 Å². The van der Waals surface area contributed by atoms with Crippen molar-refractivity contribution in [2.24, 2.45) is 11.8 Å². The molecule has 5 nitrogen and oxygen atoms in total. The van der Waals surface area contributed by atoms with Gasteiger partial charge in [-0.3, -0.25) is 9.69 Å². The summed E-state index contributed by atoms with van der Waals surface area (Å²) in [6.07, 6.45) is 4.36. The number of methoxy groups -OCH3 is 1. The van der Waals surface area contributed by atoms with Crippen LogP contribution in [0, 0.1) is 11.8 Å². The van der Waals surface area contributed by atoms with Gasteiger partial charge in [0.25, 0.3) is 0 Å². The number of carbonyl (C=O) groups is 1. The van der Waals surface area contributed by atoms with Gasteiger partial charge in [0.15, 0.2) is 0 Å². The Labute approximate surface area is 114 Å². The number of fused-ring (bicyclic) bond motifs is 1. The molecule has 1 heterocycles. The third kappa shape index (κ3) is 3.68. The van der Waals surface area contributed by atoms with Gasteiger partial charge < -0.3 is 14.6 Å². The summed E-state index contributed by atoms with van der Waals surface area (Å²) in [5.41, 5.74) is 0. The van der Waals surface area contributed by atoms with Crippen LogP contribution in [0.2, 0.25) is 0 Å². The van der Waals surface area contributed by atoms with E-state index < -0.39 is 5.97 Å².